The van der Waals surface area contributed by atoms with E-state index in [1.165, 1.54) is 0 Å². The highest BCUT2D eigenvalue weighted by Gasteiger charge is 2.41. The Morgan fingerprint density at radius 3 is 2.69 bits per heavy atom. The number of nitro groups is 1. The molecule has 0 radical (unpaired) electrons. The van der Waals surface area contributed by atoms with Gasteiger partial charge in [-0.15, -0.1) is 0 Å². The highest BCUT2D eigenvalue weighted by molar-refractivity contribution is 5.30. The maximum absolute atomic E-state index is 12.3. The van der Waals surface area contributed by atoms with E-state index in [9.17, 15) is 23.3 Å². The Morgan fingerprint density at radius 2 is 2.25 bits per heavy atom. The van der Waals surface area contributed by atoms with Crippen LogP contribution in [0.15, 0.2) is 0 Å². The van der Waals surface area contributed by atoms with Gasteiger partial charge in [-0.1, -0.05) is 0 Å². The van der Waals surface area contributed by atoms with Crippen molar-refractivity contribution in [2.24, 2.45) is 0 Å². The molecule has 1 atom stereocenters. The molecule has 1 fully saturated rings. The second kappa shape index (κ2) is 3.44. The Hall–Kier alpha value is -1.64. The molecular formula is C7H6F3N3O3. The van der Waals surface area contributed by atoms with Crippen LogP contribution in [-0.2, 0) is 17.3 Å². The molecule has 0 bridgehead atoms. The van der Waals surface area contributed by atoms with Gasteiger partial charge in [0.05, 0.1) is 12.7 Å². The topological polar surface area (TPSA) is 84.3 Å². The third-order valence-corrected chi connectivity index (χ3v) is 2.03. The summed E-state index contributed by atoms with van der Waals surface area (Å²) in [6.07, 6.45) is -4.96. The van der Waals surface area contributed by atoms with Crippen LogP contribution >= 0.6 is 0 Å². The van der Waals surface area contributed by atoms with Gasteiger partial charge < -0.3 is 14.9 Å². The van der Waals surface area contributed by atoms with Gasteiger partial charge in [0, 0.05) is 6.42 Å². The van der Waals surface area contributed by atoms with Crippen molar-refractivity contribution in [2.45, 2.75) is 18.7 Å². The van der Waals surface area contributed by atoms with Crippen LogP contribution in [0, 0.1) is 10.1 Å². The molecule has 16 heavy (non-hydrogen) atoms. The summed E-state index contributed by atoms with van der Waals surface area (Å²) < 4.78 is 41.5. The first-order valence-corrected chi connectivity index (χ1v) is 4.30. The van der Waals surface area contributed by atoms with Crippen LogP contribution in [0.25, 0.3) is 0 Å². The molecule has 1 saturated heterocycles. The quantitative estimate of drug-likeness (QED) is 0.487. The summed E-state index contributed by atoms with van der Waals surface area (Å²) in [6, 6.07) is 0. The average molecular weight is 237 g/mol. The number of aromatic nitrogens is 2. The minimum absolute atomic E-state index is 0.0168. The van der Waals surface area contributed by atoms with Gasteiger partial charge in [0.15, 0.2) is 0 Å². The Morgan fingerprint density at radius 1 is 1.62 bits per heavy atom. The largest absolute Gasteiger partial charge is 0.473 e. The number of epoxide rings is 1. The highest BCUT2D eigenvalue weighted by atomic mass is 19.4. The Bertz CT molecular complexity index is 424. The van der Waals surface area contributed by atoms with E-state index < -0.39 is 22.7 Å². The lowest BCUT2D eigenvalue weighted by atomic mass is 10.2. The van der Waals surface area contributed by atoms with Crippen molar-refractivity contribution in [1.82, 2.24) is 9.97 Å². The van der Waals surface area contributed by atoms with Crippen LogP contribution < -0.4 is 0 Å². The summed E-state index contributed by atoms with van der Waals surface area (Å²) in [5, 5.41) is 10.5. The lowest BCUT2D eigenvalue weighted by molar-refractivity contribution is -0.390. The number of hydrogen-bond donors (Lipinski definition) is 1. The molecule has 0 saturated carbocycles. The van der Waals surface area contributed by atoms with Gasteiger partial charge >= 0.3 is 17.8 Å². The van der Waals surface area contributed by atoms with Crippen LogP contribution in [-0.4, -0.2) is 27.6 Å². The van der Waals surface area contributed by atoms with E-state index in [-0.39, 0.29) is 18.2 Å². The Balaban J connectivity index is 2.32. The molecule has 0 aromatic carbocycles. The van der Waals surface area contributed by atoms with Gasteiger partial charge in [0.25, 0.3) is 0 Å². The normalized spacial score (nSPS) is 19.8. The van der Waals surface area contributed by atoms with Crippen molar-refractivity contribution in [3.63, 3.8) is 0 Å². The third kappa shape index (κ3) is 2.13. The number of halogens is 3. The summed E-state index contributed by atoms with van der Waals surface area (Å²) in [5.41, 5.74) is -0.222. The second-order valence-corrected chi connectivity index (χ2v) is 3.30. The van der Waals surface area contributed by atoms with E-state index in [4.69, 9.17) is 4.74 Å². The first kappa shape index (κ1) is 10.9. The van der Waals surface area contributed by atoms with Crippen LogP contribution in [0.4, 0.5) is 19.0 Å². The number of H-pyrrole nitrogens is 1. The summed E-state index contributed by atoms with van der Waals surface area (Å²) in [5.74, 6) is -2.07. The molecule has 1 aliphatic heterocycles. The van der Waals surface area contributed by atoms with E-state index in [1.54, 1.807) is 4.98 Å². The predicted octanol–water partition coefficient (Wildman–Crippen LogP) is 1.28. The number of imidazole rings is 1. The first-order chi connectivity index (χ1) is 7.38. The van der Waals surface area contributed by atoms with Gasteiger partial charge in [0.2, 0.25) is 0 Å². The van der Waals surface area contributed by atoms with E-state index in [1.807, 2.05) is 0 Å². The Labute approximate surface area is 86.6 Å². The van der Waals surface area contributed by atoms with E-state index in [2.05, 4.69) is 4.98 Å². The van der Waals surface area contributed by atoms with E-state index in [0.717, 1.165) is 0 Å². The molecular weight excluding hydrogens is 231 g/mol. The molecule has 0 aliphatic carbocycles. The maximum atomic E-state index is 12.3. The smallest absolute Gasteiger partial charge is 0.373 e. The van der Waals surface area contributed by atoms with Crippen LogP contribution in [0.1, 0.15) is 11.5 Å². The predicted molar refractivity (Wildman–Crippen MR) is 43.7 cm³/mol. The zero-order valence-electron chi connectivity index (χ0n) is 7.74. The average Bonchev–Trinajstić information content (AvgIpc) is 2.80. The highest BCUT2D eigenvalue weighted by Crippen LogP contribution is 2.31. The standard InChI is InChI=1S/C7H6F3N3O3/c8-7(9,10)6-11-4(1-3-2-16-3)5(12-6)13(14)15/h3H,1-2H2,(H,11,12)/t3-/m1/s1. The van der Waals surface area contributed by atoms with Gasteiger partial charge in [-0.2, -0.15) is 13.2 Å². The van der Waals surface area contributed by atoms with Crippen molar-refractivity contribution in [3.8, 4) is 0 Å². The molecule has 0 amide bonds. The van der Waals surface area contributed by atoms with Crippen molar-refractivity contribution in [3.05, 3.63) is 21.6 Å². The molecule has 1 aliphatic rings. The molecule has 2 heterocycles. The minimum Gasteiger partial charge on any atom is -0.373 e. The third-order valence-electron chi connectivity index (χ3n) is 2.03. The fourth-order valence-electron chi connectivity index (χ4n) is 1.23. The number of nitrogens with zero attached hydrogens (tertiary/aromatic N) is 2. The molecule has 1 N–H and O–H groups in total. The SMILES string of the molecule is O=[N+]([O-])c1[nH]c(C(F)(F)F)nc1C[C@@H]1CO1. The summed E-state index contributed by atoms with van der Waals surface area (Å²) >= 11 is 0. The van der Waals surface area contributed by atoms with Crippen molar-refractivity contribution >= 4 is 5.82 Å². The van der Waals surface area contributed by atoms with Crippen molar-refractivity contribution in [1.29, 1.82) is 0 Å². The van der Waals surface area contributed by atoms with Crippen LogP contribution in [0.2, 0.25) is 0 Å². The van der Waals surface area contributed by atoms with E-state index >= 15 is 0 Å². The fraction of sp³-hybridized carbons (Fsp3) is 0.571. The summed E-state index contributed by atoms with van der Waals surface area (Å²) in [4.78, 5) is 14.4. The molecule has 0 unspecified atom stereocenters. The molecule has 1 aromatic heterocycles. The number of alkyl halides is 3. The number of rotatable bonds is 3. The van der Waals surface area contributed by atoms with Gasteiger partial charge in [-0.3, -0.25) is 0 Å². The summed E-state index contributed by atoms with van der Waals surface area (Å²) in [7, 11) is 0. The maximum Gasteiger partial charge on any atom is 0.473 e. The molecule has 1 aromatic rings. The molecule has 2 rings (SSSR count). The zero-order valence-corrected chi connectivity index (χ0v) is 7.74. The molecule has 88 valence electrons. The van der Waals surface area contributed by atoms with Gasteiger partial charge in [0.1, 0.15) is 5.69 Å². The van der Waals surface area contributed by atoms with Crippen molar-refractivity contribution < 1.29 is 22.8 Å². The number of ether oxygens (including phenoxy) is 1. The Kier molecular flexibility index (Phi) is 2.34. The summed E-state index contributed by atoms with van der Waals surface area (Å²) in [6.45, 7) is 0.394. The zero-order chi connectivity index (χ0) is 11.9. The minimum atomic E-state index is -4.71. The van der Waals surface area contributed by atoms with E-state index in [0.29, 0.717) is 6.61 Å². The van der Waals surface area contributed by atoms with Crippen molar-refractivity contribution in [2.75, 3.05) is 6.61 Å². The monoisotopic (exact) mass is 237 g/mol. The lowest BCUT2D eigenvalue weighted by Gasteiger charge is -1.95. The molecule has 6 nitrogen and oxygen atoms in total. The number of nitrogens with one attached hydrogen (secondary N) is 1. The van der Waals surface area contributed by atoms with Gasteiger partial charge in [-0.05, 0) is 4.92 Å². The first-order valence-electron chi connectivity index (χ1n) is 4.30. The fourth-order valence-corrected chi connectivity index (χ4v) is 1.23. The van der Waals surface area contributed by atoms with Crippen LogP contribution in [0.3, 0.4) is 0 Å². The number of aromatic amines is 1. The van der Waals surface area contributed by atoms with Crippen LogP contribution in [0.5, 0.6) is 0 Å². The second-order valence-electron chi connectivity index (χ2n) is 3.30. The lowest BCUT2D eigenvalue weighted by Crippen LogP contribution is -2.07. The molecule has 9 heteroatoms. The molecule has 0 spiro atoms. The number of hydrogen-bond acceptors (Lipinski definition) is 4. The van der Waals surface area contributed by atoms with Gasteiger partial charge in [-0.25, -0.2) is 9.97 Å².